The molecule has 0 aromatic heterocycles. The molecule has 8 heteroatoms. The first-order valence-corrected chi connectivity index (χ1v) is 7.06. The number of nitrogens with zero attached hydrogens (tertiary/aromatic N) is 1. The zero-order chi connectivity index (χ0) is 17.0. The van der Waals surface area contributed by atoms with Gasteiger partial charge in [0.1, 0.15) is 0 Å². The van der Waals surface area contributed by atoms with Crippen molar-refractivity contribution < 1.29 is 22.7 Å². The third-order valence-corrected chi connectivity index (χ3v) is 3.28. The minimum Gasteiger partial charge on any atom is -0.402 e. The fourth-order valence-corrected chi connectivity index (χ4v) is 2.31. The number of nitrogens with two attached hydrogens (primary N) is 1. The molecule has 0 unspecified atom stereocenters. The molecule has 0 radical (unpaired) electrons. The number of morpholine rings is 1. The molecule has 1 amide bonds. The molecule has 23 heavy (non-hydrogen) atoms. The van der Waals surface area contributed by atoms with Crippen molar-refractivity contribution in [3.05, 3.63) is 35.5 Å². The molecule has 0 aliphatic carbocycles. The van der Waals surface area contributed by atoms with Gasteiger partial charge in [-0.15, -0.1) is 0 Å². The maximum Gasteiger partial charge on any atom is 0.418 e. The molecule has 1 saturated heterocycles. The van der Waals surface area contributed by atoms with Gasteiger partial charge in [-0.25, -0.2) is 0 Å². The highest BCUT2D eigenvalue weighted by molar-refractivity contribution is 5.99. The Kier molecular flexibility index (Phi) is 5.15. The summed E-state index contributed by atoms with van der Waals surface area (Å²) in [7, 11) is 0. The highest BCUT2D eigenvalue weighted by Crippen LogP contribution is 2.38. The largest absolute Gasteiger partial charge is 0.418 e. The monoisotopic (exact) mass is 329 g/mol. The van der Waals surface area contributed by atoms with Crippen molar-refractivity contribution in [3.8, 4) is 0 Å². The van der Waals surface area contributed by atoms with E-state index in [1.807, 2.05) is 0 Å². The van der Waals surface area contributed by atoms with Gasteiger partial charge in [0, 0.05) is 36.2 Å². The Morgan fingerprint density at radius 3 is 2.57 bits per heavy atom. The van der Waals surface area contributed by atoms with Gasteiger partial charge in [0.2, 0.25) is 5.91 Å². The molecule has 1 fully saturated rings. The maximum atomic E-state index is 13.3. The first kappa shape index (κ1) is 17.1. The van der Waals surface area contributed by atoms with Crippen LogP contribution < -0.4 is 16.0 Å². The molecule has 0 atom stereocenters. The van der Waals surface area contributed by atoms with E-state index >= 15 is 0 Å². The van der Waals surface area contributed by atoms with E-state index < -0.39 is 17.6 Å². The van der Waals surface area contributed by atoms with Crippen LogP contribution in [0.1, 0.15) is 12.5 Å². The Balaban J connectivity index is 2.31. The number of nitrogens with one attached hydrogen (secondary N) is 1. The number of rotatable bonds is 3. The predicted molar refractivity (Wildman–Crippen MR) is 81.1 cm³/mol. The summed E-state index contributed by atoms with van der Waals surface area (Å²) in [4.78, 5) is 13.2. The van der Waals surface area contributed by atoms with Crippen molar-refractivity contribution in [2.75, 3.05) is 36.5 Å². The number of allylic oxidation sites excluding steroid dienone is 1. The quantitative estimate of drug-likeness (QED) is 0.836. The predicted octanol–water partition coefficient (Wildman–Crippen LogP) is 2.34. The third-order valence-electron chi connectivity index (χ3n) is 3.28. The summed E-state index contributed by atoms with van der Waals surface area (Å²) in [5.74, 6) is -0.572. The van der Waals surface area contributed by atoms with Gasteiger partial charge in [0.05, 0.1) is 18.8 Å². The summed E-state index contributed by atoms with van der Waals surface area (Å²) in [6, 6.07) is 3.74. The minimum absolute atomic E-state index is 0.0665. The number of hydrogen-bond acceptors (Lipinski definition) is 4. The lowest BCUT2D eigenvalue weighted by atomic mass is 10.1. The highest BCUT2D eigenvalue weighted by atomic mass is 19.4. The molecular weight excluding hydrogens is 311 g/mol. The van der Waals surface area contributed by atoms with Crippen LogP contribution in [0.2, 0.25) is 0 Å². The van der Waals surface area contributed by atoms with Crippen LogP contribution in [-0.2, 0) is 15.7 Å². The smallest absolute Gasteiger partial charge is 0.402 e. The number of carbonyl (C=O) groups excluding carboxylic acids is 1. The number of ether oxygens (including phenoxy) is 1. The lowest BCUT2D eigenvalue weighted by Crippen LogP contribution is -2.37. The van der Waals surface area contributed by atoms with Crippen LogP contribution >= 0.6 is 0 Å². The van der Waals surface area contributed by atoms with E-state index in [1.54, 1.807) is 4.90 Å². The van der Waals surface area contributed by atoms with E-state index in [4.69, 9.17) is 10.5 Å². The molecule has 1 aliphatic heterocycles. The molecule has 1 aromatic carbocycles. The van der Waals surface area contributed by atoms with Crippen LogP contribution in [0, 0.1) is 0 Å². The topological polar surface area (TPSA) is 67.6 Å². The van der Waals surface area contributed by atoms with Gasteiger partial charge < -0.3 is 20.7 Å². The molecule has 2 rings (SSSR count). The summed E-state index contributed by atoms with van der Waals surface area (Å²) in [6.45, 7) is 3.07. The van der Waals surface area contributed by atoms with E-state index in [0.29, 0.717) is 26.3 Å². The number of carbonyl (C=O) groups is 1. The molecule has 0 bridgehead atoms. The second kappa shape index (κ2) is 6.91. The van der Waals surface area contributed by atoms with E-state index in [9.17, 15) is 18.0 Å². The maximum absolute atomic E-state index is 13.3. The van der Waals surface area contributed by atoms with Crippen LogP contribution in [0.5, 0.6) is 0 Å². The molecule has 0 spiro atoms. The number of halogens is 3. The Morgan fingerprint density at radius 1 is 1.35 bits per heavy atom. The highest BCUT2D eigenvalue weighted by Gasteiger charge is 2.35. The van der Waals surface area contributed by atoms with Gasteiger partial charge in [-0.2, -0.15) is 13.2 Å². The average Bonchev–Trinajstić information content (AvgIpc) is 2.46. The van der Waals surface area contributed by atoms with Crippen LogP contribution in [-0.4, -0.2) is 32.2 Å². The third kappa shape index (κ3) is 4.62. The molecule has 3 N–H and O–H groups in total. The fraction of sp³-hybridized carbons (Fsp3) is 0.400. The minimum atomic E-state index is -4.52. The fourth-order valence-electron chi connectivity index (χ4n) is 2.31. The standard InChI is InChI=1S/C15H18F3N3O2/c1-10(19)8-14(22)20-11-2-3-13(12(9-11)15(16,17)18)21-4-6-23-7-5-21/h2-3,8-9H,4-7,19H2,1H3,(H,20,22)/b10-8+. The normalized spacial score (nSPS) is 16.3. The number of benzene rings is 1. The van der Waals surface area contributed by atoms with Crippen molar-refractivity contribution in [1.29, 1.82) is 0 Å². The van der Waals surface area contributed by atoms with Crippen LogP contribution in [0.25, 0.3) is 0 Å². The summed E-state index contributed by atoms with van der Waals surface area (Å²) >= 11 is 0. The average molecular weight is 329 g/mol. The summed E-state index contributed by atoms with van der Waals surface area (Å²) in [5, 5.41) is 2.38. The zero-order valence-electron chi connectivity index (χ0n) is 12.6. The molecular formula is C15H18F3N3O2. The summed E-state index contributed by atoms with van der Waals surface area (Å²) in [6.07, 6.45) is -3.41. The summed E-state index contributed by atoms with van der Waals surface area (Å²) < 4.78 is 45.1. The van der Waals surface area contributed by atoms with Crippen molar-refractivity contribution in [1.82, 2.24) is 0 Å². The zero-order valence-corrected chi connectivity index (χ0v) is 12.6. The molecule has 1 aromatic rings. The first-order valence-electron chi connectivity index (χ1n) is 7.06. The van der Waals surface area contributed by atoms with Crippen LogP contribution in [0.4, 0.5) is 24.5 Å². The molecule has 1 aliphatic rings. The lowest BCUT2D eigenvalue weighted by Gasteiger charge is -2.31. The molecule has 5 nitrogen and oxygen atoms in total. The van der Waals surface area contributed by atoms with Crippen molar-refractivity contribution in [3.63, 3.8) is 0 Å². The van der Waals surface area contributed by atoms with E-state index in [-0.39, 0.29) is 17.1 Å². The second-order valence-electron chi connectivity index (χ2n) is 5.21. The van der Waals surface area contributed by atoms with Crippen LogP contribution in [0.3, 0.4) is 0 Å². The van der Waals surface area contributed by atoms with Gasteiger partial charge in [0.15, 0.2) is 0 Å². The van der Waals surface area contributed by atoms with Gasteiger partial charge in [-0.3, -0.25) is 4.79 Å². The van der Waals surface area contributed by atoms with Gasteiger partial charge in [-0.1, -0.05) is 0 Å². The van der Waals surface area contributed by atoms with Gasteiger partial charge >= 0.3 is 6.18 Å². The van der Waals surface area contributed by atoms with Crippen molar-refractivity contribution in [2.24, 2.45) is 5.73 Å². The van der Waals surface area contributed by atoms with E-state index in [2.05, 4.69) is 5.32 Å². The van der Waals surface area contributed by atoms with E-state index in [0.717, 1.165) is 12.1 Å². The van der Waals surface area contributed by atoms with Gasteiger partial charge in [0.25, 0.3) is 0 Å². The van der Waals surface area contributed by atoms with Crippen molar-refractivity contribution >= 4 is 17.3 Å². The lowest BCUT2D eigenvalue weighted by molar-refractivity contribution is -0.137. The Labute approximate surface area is 131 Å². The molecule has 126 valence electrons. The van der Waals surface area contributed by atoms with Gasteiger partial charge in [-0.05, 0) is 25.1 Å². The first-order chi connectivity index (χ1) is 10.8. The number of amides is 1. The Morgan fingerprint density at radius 2 is 2.00 bits per heavy atom. The number of hydrogen-bond donors (Lipinski definition) is 2. The summed E-state index contributed by atoms with van der Waals surface area (Å²) in [5.41, 5.74) is 5.00. The van der Waals surface area contributed by atoms with E-state index in [1.165, 1.54) is 19.1 Å². The molecule has 1 heterocycles. The second-order valence-corrected chi connectivity index (χ2v) is 5.21. The number of alkyl halides is 3. The Hall–Kier alpha value is -2.22. The van der Waals surface area contributed by atoms with Crippen LogP contribution in [0.15, 0.2) is 30.0 Å². The Bertz CT molecular complexity index is 604. The molecule has 0 saturated carbocycles. The number of anilines is 2. The van der Waals surface area contributed by atoms with Crippen molar-refractivity contribution in [2.45, 2.75) is 13.1 Å². The SMILES string of the molecule is C/C(N)=C\C(=O)Nc1ccc(N2CCOCC2)c(C(F)(F)F)c1.